The number of halogens is 2. The van der Waals surface area contributed by atoms with Crippen LogP contribution in [0.1, 0.15) is 29.7 Å². The summed E-state index contributed by atoms with van der Waals surface area (Å²) in [7, 11) is 0. The molecule has 2 atom stereocenters. The number of carbonyl (C=O) groups is 3. The molecule has 0 unspecified atom stereocenters. The molecule has 220 valence electrons. The van der Waals surface area contributed by atoms with E-state index in [1.54, 1.807) is 49.5 Å². The number of nitrogens with zero attached hydrogens (tertiary/aromatic N) is 7. The predicted molar refractivity (Wildman–Crippen MR) is 161 cm³/mol. The number of benzene rings is 1. The molecule has 12 nitrogen and oxygen atoms in total. The lowest BCUT2D eigenvalue weighted by Crippen LogP contribution is -2.44. The fraction of sp³-hybridized carbons (Fsp3) is 0.214. The van der Waals surface area contributed by atoms with Crippen molar-refractivity contribution in [3.8, 4) is 11.1 Å². The summed E-state index contributed by atoms with van der Waals surface area (Å²) in [6.45, 7) is 4.79. The molecular weight excluding hydrogens is 597 g/mol. The zero-order valence-corrected chi connectivity index (χ0v) is 24.3. The summed E-state index contributed by atoms with van der Waals surface area (Å²) < 4.78 is 20.1. The van der Waals surface area contributed by atoms with Gasteiger partial charge in [0.25, 0.3) is 5.91 Å². The highest BCUT2D eigenvalue weighted by molar-refractivity contribution is 7.10. The first kappa shape index (κ1) is 29.7. The Morgan fingerprint density at radius 1 is 1.26 bits per heavy atom. The molecule has 0 bridgehead atoms. The van der Waals surface area contributed by atoms with E-state index in [1.807, 2.05) is 0 Å². The number of likely N-dealkylation sites (tertiary alicyclic amines) is 1. The van der Waals surface area contributed by atoms with Crippen molar-refractivity contribution in [3.05, 3.63) is 78.0 Å². The molecule has 1 aromatic carbocycles. The molecule has 3 amide bonds. The molecule has 4 heterocycles. The Morgan fingerprint density at radius 2 is 2.07 bits per heavy atom. The molecule has 1 saturated heterocycles. The Morgan fingerprint density at radius 3 is 2.77 bits per heavy atom. The van der Waals surface area contributed by atoms with Crippen LogP contribution in [0.5, 0.6) is 0 Å². The maximum Gasteiger partial charge on any atom is 0.269 e. The first-order valence-corrected chi connectivity index (χ1v) is 14.2. The Balaban J connectivity index is 1.36. The zero-order valence-electron chi connectivity index (χ0n) is 22.8. The third-order valence-electron chi connectivity index (χ3n) is 6.75. The highest BCUT2D eigenvalue weighted by Gasteiger charge is 2.40. The number of amides is 3. The van der Waals surface area contributed by atoms with Crippen molar-refractivity contribution >= 4 is 62.5 Å². The summed E-state index contributed by atoms with van der Waals surface area (Å²) in [5.41, 5.74) is 8.05. The normalized spacial score (nSPS) is 17.3. The first-order valence-electron chi connectivity index (χ1n) is 13.0. The number of fused-ring (bicyclic) bond motifs is 1. The van der Waals surface area contributed by atoms with Crippen LogP contribution in [0.4, 0.5) is 9.52 Å². The molecule has 1 aliphatic heterocycles. The van der Waals surface area contributed by atoms with Gasteiger partial charge in [-0.2, -0.15) is 24.7 Å². The molecule has 4 aromatic rings. The fourth-order valence-corrected chi connectivity index (χ4v) is 5.49. The van der Waals surface area contributed by atoms with Crippen LogP contribution >= 0.6 is 23.1 Å². The third kappa shape index (κ3) is 6.20. The van der Waals surface area contributed by atoms with Gasteiger partial charge in [-0.05, 0) is 30.7 Å². The largest absolute Gasteiger partial charge is 0.364 e. The number of rotatable bonds is 9. The van der Waals surface area contributed by atoms with Crippen LogP contribution in [0, 0.1) is 0 Å². The van der Waals surface area contributed by atoms with Crippen LogP contribution in [-0.2, 0) is 16.1 Å². The lowest BCUT2D eigenvalue weighted by atomic mass is 10.0. The SMILES string of the molecule is C=C/C=C(\C(Cl)=C/C)c1nsc(NC(=O)[C@@H]2C[C@@H](F)CN2C(=O)Cn2nc(C(N)=O)c3cc(-c4ccnnc4)ccc32)n1. The lowest BCUT2D eigenvalue weighted by molar-refractivity contribution is -0.137. The number of hydrogen-bond donors (Lipinski definition) is 2. The molecule has 15 heteroatoms. The van der Waals surface area contributed by atoms with Crippen molar-refractivity contribution in [2.75, 3.05) is 11.9 Å². The Hall–Kier alpha value is -4.82. The van der Waals surface area contributed by atoms with E-state index < -0.39 is 29.9 Å². The van der Waals surface area contributed by atoms with Gasteiger partial charge in [-0.15, -0.1) is 0 Å². The highest BCUT2D eigenvalue weighted by Crippen LogP contribution is 2.29. The van der Waals surface area contributed by atoms with Crippen molar-refractivity contribution in [2.45, 2.75) is 32.1 Å². The topological polar surface area (TPSA) is 162 Å². The average molecular weight is 622 g/mol. The van der Waals surface area contributed by atoms with Gasteiger partial charge in [-0.3, -0.25) is 24.4 Å². The monoisotopic (exact) mass is 621 g/mol. The zero-order chi connectivity index (χ0) is 30.7. The van der Waals surface area contributed by atoms with E-state index in [9.17, 15) is 18.8 Å². The molecule has 0 aliphatic carbocycles. The van der Waals surface area contributed by atoms with Crippen LogP contribution < -0.4 is 11.1 Å². The van der Waals surface area contributed by atoms with E-state index in [2.05, 4.69) is 36.5 Å². The molecule has 3 aromatic heterocycles. The number of nitrogens with one attached hydrogen (secondary N) is 1. The van der Waals surface area contributed by atoms with Gasteiger partial charge in [-0.1, -0.05) is 42.5 Å². The van der Waals surface area contributed by atoms with Crippen molar-refractivity contribution in [3.63, 3.8) is 0 Å². The van der Waals surface area contributed by atoms with E-state index in [1.165, 1.54) is 17.0 Å². The standard InChI is InChI=1S/C28H25ClFN9O3S/c1-3-5-18(20(29)4-2)26-34-28(43-37-26)35-27(42)22-11-17(30)13-38(22)23(40)14-39-21-7-6-15(16-8-9-32-33-12-16)10-19(21)24(36-39)25(31)41/h3-10,12,17,22H,1,11,13-14H2,2H3,(H2,31,41)(H,34,35,37,42)/b18-5+,20-4+/t17-,22+/m1/s1. The number of hydrogen-bond acceptors (Lipinski definition) is 9. The molecular formula is C28H25ClFN9O3S. The second-order valence-electron chi connectivity index (χ2n) is 9.49. The summed E-state index contributed by atoms with van der Waals surface area (Å²) in [4.78, 5) is 44.3. The lowest BCUT2D eigenvalue weighted by Gasteiger charge is -2.23. The summed E-state index contributed by atoms with van der Waals surface area (Å²) in [5.74, 6) is -1.66. The number of primary amides is 1. The van der Waals surface area contributed by atoms with Gasteiger partial charge in [0.2, 0.25) is 16.9 Å². The Bertz CT molecular complexity index is 1790. The van der Waals surface area contributed by atoms with Gasteiger partial charge in [0.1, 0.15) is 18.8 Å². The molecule has 0 saturated carbocycles. The van der Waals surface area contributed by atoms with Crippen LogP contribution in [0.2, 0.25) is 0 Å². The van der Waals surface area contributed by atoms with Crippen molar-refractivity contribution < 1.29 is 18.8 Å². The van der Waals surface area contributed by atoms with Gasteiger partial charge >= 0.3 is 0 Å². The Labute approximate surface area is 253 Å². The highest BCUT2D eigenvalue weighted by atomic mass is 35.5. The molecule has 5 rings (SSSR count). The van der Waals surface area contributed by atoms with E-state index >= 15 is 0 Å². The molecule has 0 spiro atoms. The van der Waals surface area contributed by atoms with Crippen molar-refractivity contribution in [2.24, 2.45) is 5.73 Å². The quantitative estimate of drug-likeness (QED) is 0.267. The Kier molecular flexibility index (Phi) is 8.68. The third-order valence-corrected chi connectivity index (χ3v) is 7.80. The summed E-state index contributed by atoms with van der Waals surface area (Å²) >= 11 is 7.17. The van der Waals surface area contributed by atoms with Gasteiger partial charge in [0, 0.05) is 39.5 Å². The maximum absolute atomic E-state index is 14.6. The molecule has 1 aliphatic rings. The predicted octanol–water partition coefficient (Wildman–Crippen LogP) is 3.73. The van der Waals surface area contributed by atoms with Crippen LogP contribution in [0.25, 0.3) is 27.6 Å². The minimum absolute atomic E-state index is 0.0271. The molecule has 3 N–H and O–H groups in total. The minimum Gasteiger partial charge on any atom is -0.364 e. The maximum atomic E-state index is 14.6. The van der Waals surface area contributed by atoms with E-state index in [4.69, 9.17) is 17.3 Å². The van der Waals surface area contributed by atoms with Crippen molar-refractivity contribution in [1.82, 2.24) is 34.2 Å². The van der Waals surface area contributed by atoms with Crippen molar-refractivity contribution in [1.29, 1.82) is 0 Å². The number of allylic oxidation sites excluding steroid dienone is 5. The minimum atomic E-state index is -1.41. The summed E-state index contributed by atoms with van der Waals surface area (Å²) in [5, 5.41) is 15.5. The van der Waals surface area contributed by atoms with E-state index in [0.717, 1.165) is 27.6 Å². The number of carbonyl (C=O) groups excluding carboxylic acids is 3. The number of anilines is 1. The summed E-state index contributed by atoms with van der Waals surface area (Å²) in [6.07, 6.45) is 6.36. The molecule has 1 fully saturated rings. The average Bonchev–Trinajstić information content (AvgIpc) is 3.73. The second kappa shape index (κ2) is 12.6. The van der Waals surface area contributed by atoms with Gasteiger partial charge in [-0.25, -0.2) is 4.39 Å². The fourth-order valence-electron chi connectivity index (χ4n) is 4.76. The number of nitrogens with two attached hydrogens (primary N) is 1. The molecule has 0 radical (unpaired) electrons. The van der Waals surface area contributed by atoms with Gasteiger partial charge in [0.15, 0.2) is 11.5 Å². The van der Waals surface area contributed by atoms with Crippen LogP contribution in [-0.4, -0.2) is 70.7 Å². The molecule has 43 heavy (non-hydrogen) atoms. The number of alkyl halides is 1. The van der Waals surface area contributed by atoms with Gasteiger partial charge in [0.05, 0.1) is 24.5 Å². The van der Waals surface area contributed by atoms with Crippen LogP contribution in [0.3, 0.4) is 0 Å². The first-order chi connectivity index (χ1) is 20.7. The smallest absolute Gasteiger partial charge is 0.269 e. The van der Waals surface area contributed by atoms with E-state index in [0.29, 0.717) is 21.5 Å². The van der Waals surface area contributed by atoms with Gasteiger partial charge < -0.3 is 10.6 Å². The van der Waals surface area contributed by atoms with Crippen LogP contribution in [0.15, 0.2) is 66.5 Å². The number of aromatic nitrogens is 6. The second-order valence-corrected chi connectivity index (χ2v) is 10.7. The van der Waals surface area contributed by atoms with E-state index in [-0.39, 0.29) is 36.2 Å². The summed E-state index contributed by atoms with van der Waals surface area (Å²) in [6, 6.07) is 5.87.